The van der Waals surface area contributed by atoms with Crippen LogP contribution in [0.2, 0.25) is 0 Å². The van der Waals surface area contributed by atoms with Crippen LogP contribution in [-0.2, 0) is 32.1 Å². The van der Waals surface area contributed by atoms with Gasteiger partial charge in [0.2, 0.25) is 5.91 Å². The molecule has 8 nitrogen and oxygen atoms in total. The van der Waals surface area contributed by atoms with E-state index in [4.69, 9.17) is 4.74 Å². The minimum atomic E-state index is -0.582. The average molecular weight is 620 g/mol. The van der Waals surface area contributed by atoms with Crippen molar-refractivity contribution in [2.45, 2.75) is 141 Å². The number of nitrogens with zero attached hydrogens (tertiary/aromatic N) is 2. The molecule has 0 bridgehead atoms. The zero-order valence-electron chi connectivity index (χ0n) is 27.3. The van der Waals surface area contributed by atoms with Crippen LogP contribution < -0.4 is 5.32 Å². The number of hydrogen-bond donors (Lipinski definition) is 1. The number of likely N-dealkylation sites (tertiary alicyclic amines) is 1. The molecule has 3 heterocycles. The lowest BCUT2D eigenvalue weighted by atomic mass is 9.70. The number of nitrogens with one attached hydrogen (secondary N) is 1. The maximum Gasteiger partial charge on any atom is 0.255 e. The lowest BCUT2D eigenvalue weighted by Crippen LogP contribution is -2.54. The predicted octanol–water partition coefficient (Wildman–Crippen LogP) is 5.74. The molecule has 5 aliphatic rings. The number of amides is 3. The monoisotopic (exact) mass is 619 g/mol. The third kappa shape index (κ3) is 7.38. The van der Waals surface area contributed by atoms with E-state index in [-0.39, 0.29) is 23.5 Å². The first-order valence-corrected chi connectivity index (χ1v) is 18.0. The van der Waals surface area contributed by atoms with Gasteiger partial charge in [-0.1, -0.05) is 44.7 Å². The number of ketones is 1. The molecule has 3 atom stereocenters. The summed E-state index contributed by atoms with van der Waals surface area (Å²) in [5, 5.41) is 4.08. The summed E-state index contributed by atoms with van der Waals surface area (Å²) in [6.45, 7) is 4.63. The van der Waals surface area contributed by atoms with Crippen molar-refractivity contribution in [2.24, 2.45) is 11.3 Å². The van der Waals surface area contributed by atoms with Crippen molar-refractivity contribution in [3.05, 3.63) is 34.9 Å². The molecule has 2 aliphatic carbocycles. The zero-order chi connectivity index (χ0) is 31.4. The highest BCUT2D eigenvalue weighted by molar-refractivity contribution is 6.05. The van der Waals surface area contributed by atoms with Crippen molar-refractivity contribution in [3.63, 3.8) is 0 Å². The fourth-order valence-electron chi connectivity index (χ4n) is 8.60. The number of benzene rings is 1. The Morgan fingerprint density at radius 2 is 1.76 bits per heavy atom. The fraction of sp³-hybridized carbons (Fsp3) is 0.730. The van der Waals surface area contributed by atoms with Gasteiger partial charge in [-0.05, 0) is 87.3 Å². The minimum absolute atomic E-state index is 0.0890. The Bertz CT molecular complexity index is 1250. The molecule has 0 aromatic heterocycles. The van der Waals surface area contributed by atoms with Crippen molar-refractivity contribution < 1.29 is 23.9 Å². The van der Waals surface area contributed by atoms with Crippen LogP contribution in [0, 0.1) is 11.3 Å². The van der Waals surface area contributed by atoms with Gasteiger partial charge in [0.25, 0.3) is 11.8 Å². The number of ether oxygens (including phenoxy) is 1. The van der Waals surface area contributed by atoms with E-state index in [0.29, 0.717) is 67.8 Å². The minimum Gasteiger partial charge on any atom is -0.380 e. The number of Topliss-reactive ketones (excluding diaryl/α,β-unsaturated/α-hetero) is 1. The van der Waals surface area contributed by atoms with Gasteiger partial charge < -0.3 is 15.0 Å². The summed E-state index contributed by atoms with van der Waals surface area (Å²) in [5.74, 6) is 0.423. The van der Waals surface area contributed by atoms with E-state index in [2.05, 4.69) is 17.4 Å². The molecule has 3 amide bonds. The van der Waals surface area contributed by atoms with Crippen LogP contribution in [-0.4, -0.2) is 71.2 Å². The molecule has 2 saturated carbocycles. The predicted molar refractivity (Wildman–Crippen MR) is 173 cm³/mol. The normalized spacial score (nSPS) is 26.8. The van der Waals surface area contributed by atoms with Gasteiger partial charge in [0.15, 0.2) is 0 Å². The molecular weight excluding hydrogens is 566 g/mol. The number of fused-ring (bicyclic) bond motifs is 1. The fourth-order valence-corrected chi connectivity index (χ4v) is 8.60. The van der Waals surface area contributed by atoms with E-state index < -0.39 is 6.04 Å². The summed E-state index contributed by atoms with van der Waals surface area (Å²) in [5.41, 5.74) is 3.47. The molecule has 0 radical (unpaired) electrons. The maximum absolute atomic E-state index is 13.5. The summed E-state index contributed by atoms with van der Waals surface area (Å²) in [6.07, 6.45) is 16.4. The van der Waals surface area contributed by atoms with Gasteiger partial charge in [0.1, 0.15) is 11.8 Å². The number of piperidine rings is 1. The first-order chi connectivity index (χ1) is 21.9. The van der Waals surface area contributed by atoms with Gasteiger partial charge in [0.05, 0.1) is 13.2 Å². The van der Waals surface area contributed by atoms with Crippen molar-refractivity contribution in [1.82, 2.24) is 15.1 Å². The standard InChI is InChI=1S/C37H53N3O5/c1-2-30(41)10-5-3-4-8-20-39-34(42)15-14-33(36(39)44)40-23-28-22-26(12-13-31(28)35(40)43)21-27-9-6-7-11-32(27)38-29-16-18-37(19-17-29)24-45-25-37/h12-13,22,27,29,32-33,38H,2-11,14-21,23-25H2,1H3/t27-,32+,33?/m1/s1. The van der Waals surface area contributed by atoms with E-state index in [1.165, 1.54) is 61.8 Å². The summed E-state index contributed by atoms with van der Waals surface area (Å²) in [7, 11) is 0. The summed E-state index contributed by atoms with van der Waals surface area (Å²) in [4.78, 5) is 54.3. The van der Waals surface area contributed by atoms with Gasteiger partial charge in [-0.25, -0.2) is 0 Å². The Labute approximate surface area is 269 Å². The lowest BCUT2D eigenvalue weighted by Gasteiger charge is -2.47. The highest BCUT2D eigenvalue weighted by Crippen LogP contribution is 2.43. The van der Waals surface area contributed by atoms with Gasteiger partial charge in [-0.3, -0.25) is 24.1 Å². The van der Waals surface area contributed by atoms with Gasteiger partial charge in [0, 0.05) is 55.4 Å². The molecule has 45 heavy (non-hydrogen) atoms. The molecule has 246 valence electrons. The topological polar surface area (TPSA) is 96.0 Å². The first-order valence-electron chi connectivity index (χ1n) is 18.0. The van der Waals surface area contributed by atoms with Crippen molar-refractivity contribution in [2.75, 3.05) is 19.8 Å². The van der Waals surface area contributed by atoms with Crippen LogP contribution >= 0.6 is 0 Å². The molecular formula is C37H53N3O5. The summed E-state index contributed by atoms with van der Waals surface area (Å²) < 4.78 is 5.53. The van der Waals surface area contributed by atoms with E-state index in [1.54, 1.807) is 4.90 Å². The van der Waals surface area contributed by atoms with Crippen LogP contribution in [0.15, 0.2) is 18.2 Å². The number of carbonyl (C=O) groups excluding carboxylic acids is 4. The maximum atomic E-state index is 13.5. The van der Waals surface area contributed by atoms with Crippen molar-refractivity contribution >= 4 is 23.5 Å². The first kappa shape index (κ1) is 32.4. The molecule has 3 aliphatic heterocycles. The second-order valence-electron chi connectivity index (χ2n) is 14.7. The lowest BCUT2D eigenvalue weighted by molar-refractivity contribution is -0.152. The molecule has 1 unspecified atom stereocenters. The highest BCUT2D eigenvalue weighted by Gasteiger charge is 2.44. The molecule has 6 rings (SSSR count). The largest absolute Gasteiger partial charge is 0.380 e. The Morgan fingerprint density at radius 3 is 2.51 bits per heavy atom. The Kier molecular flexibility index (Phi) is 10.4. The van der Waals surface area contributed by atoms with E-state index >= 15 is 0 Å². The average Bonchev–Trinajstić information content (AvgIpc) is 3.35. The number of unbranched alkanes of at least 4 members (excludes halogenated alkanes) is 3. The number of rotatable bonds is 13. The quantitative estimate of drug-likeness (QED) is 0.224. The van der Waals surface area contributed by atoms with E-state index in [0.717, 1.165) is 50.9 Å². The third-order valence-corrected chi connectivity index (χ3v) is 11.6. The van der Waals surface area contributed by atoms with Gasteiger partial charge in [-0.2, -0.15) is 0 Å². The zero-order valence-corrected chi connectivity index (χ0v) is 27.3. The molecule has 1 N–H and O–H groups in total. The number of imide groups is 1. The van der Waals surface area contributed by atoms with Gasteiger partial charge in [-0.15, -0.1) is 0 Å². The third-order valence-electron chi connectivity index (χ3n) is 11.6. The number of hydrogen-bond acceptors (Lipinski definition) is 6. The van der Waals surface area contributed by atoms with E-state index in [1.807, 2.05) is 13.0 Å². The molecule has 1 aromatic rings. The molecule has 8 heteroatoms. The van der Waals surface area contributed by atoms with Crippen LogP contribution in [0.4, 0.5) is 0 Å². The van der Waals surface area contributed by atoms with Crippen LogP contribution in [0.25, 0.3) is 0 Å². The Balaban J connectivity index is 1.02. The van der Waals surface area contributed by atoms with Crippen LogP contribution in [0.5, 0.6) is 0 Å². The van der Waals surface area contributed by atoms with Crippen LogP contribution in [0.3, 0.4) is 0 Å². The molecule has 1 spiro atoms. The number of carbonyl (C=O) groups is 4. The Morgan fingerprint density at radius 1 is 0.978 bits per heavy atom. The SMILES string of the molecule is CCC(=O)CCCCCCN1C(=O)CCC(N2Cc3cc(C[C@H]4CCCC[C@@H]4NC4CCC5(CC4)COC5)ccc3C2=O)C1=O. The molecule has 2 saturated heterocycles. The van der Waals surface area contributed by atoms with Gasteiger partial charge >= 0.3 is 0 Å². The van der Waals surface area contributed by atoms with E-state index in [9.17, 15) is 19.2 Å². The molecule has 1 aromatic carbocycles. The highest BCUT2D eigenvalue weighted by atomic mass is 16.5. The second kappa shape index (κ2) is 14.5. The summed E-state index contributed by atoms with van der Waals surface area (Å²) >= 11 is 0. The second-order valence-corrected chi connectivity index (χ2v) is 14.7. The smallest absolute Gasteiger partial charge is 0.255 e. The van der Waals surface area contributed by atoms with Crippen LogP contribution in [0.1, 0.15) is 131 Å². The summed E-state index contributed by atoms with van der Waals surface area (Å²) in [6, 6.07) is 6.88. The Hall–Kier alpha value is -2.58. The van der Waals surface area contributed by atoms with Crippen molar-refractivity contribution in [3.8, 4) is 0 Å². The molecule has 4 fully saturated rings. The van der Waals surface area contributed by atoms with Crippen molar-refractivity contribution in [1.29, 1.82) is 0 Å².